The standard InChI is InChI=1S/C12H16N2O3/c15-12(16)7-10(9-1-5-17-6-2-9)11-8-13-3-4-14-11/h3-4,8-10H,1-2,5-7H2,(H,15,16). The first-order chi connectivity index (χ1) is 8.27. The predicted molar refractivity (Wildman–Crippen MR) is 60.6 cm³/mol. The zero-order valence-electron chi connectivity index (χ0n) is 9.58. The first kappa shape index (κ1) is 12.0. The minimum absolute atomic E-state index is 0.0508. The van der Waals surface area contributed by atoms with Crippen molar-refractivity contribution in [3.8, 4) is 0 Å². The summed E-state index contributed by atoms with van der Waals surface area (Å²) < 4.78 is 5.31. The van der Waals surface area contributed by atoms with E-state index in [0.29, 0.717) is 19.1 Å². The summed E-state index contributed by atoms with van der Waals surface area (Å²) in [5, 5.41) is 9.00. The third-order valence-corrected chi connectivity index (χ3v) is 3.19. The van der Waals surface area contributed by atoms with E-state index in [0.717, 1.165) is 18.5 Å². The lowest BCUT2D eigenvalue weighted by Gasteiger charge is -2.28. The molecule has 5 nitrogen and oxygen atoms in total. The van der Waals surface area contributed by atoms with Gasteiger partial charge in [0.25, 0.3) is 0 Å². The smallest absolute Gasteiger partial charge is 0.304 e. The summed E-state index contributed by atoms with van der Waals surface area (Å²) >= 11 is 0. The number of carboxylic acids is 1. The number of hydrogen-bond donors (Lipinski definition) is 1. The van der Waals surface area contributed by atoms with Crippen LogP contribution in [0.5, 0.6) is 0 Å². The molecule has 0 radical (unpaired) electrons. The Hall–Kier alpha value is -1.49. The van der Waals surface area contributed by atoms with Crippen molar-refractivity contribution in [2.75, 3.05) is 13.2 Å². The van der Waals surface area contributed by atoms with Crippen molar-refractivity contribution in [1.29, 1.82) is 0 Å². The Morgan fingerprint density at radius 2 is 2.24 bits per heavy atom. The summed E-state index contributed by atoms with van der Waals surface area (Å²) in [6.07, 6.45) is 6.80. The average Bonchev–Trinajstić information content (AvgIpc) is 2.38. The van der Waals surface area contributed by atoms with Crippen molar-refractivity contribution in [3.63, 3.8) is 0 Å². The molecule has 1 aromatic heterocycles. The van der Waals surface area contributed by atoms with Crippen LogP contribution in [0.4, 0.5) is 0 Å². The molecule has 2 rings (SSSR count). The van der Waals surface area contributed by atoms with Crippen molar-refractivity contribution >= 4 is 5.97 Å². The SMILES string of the molecule is O=C(O)CC(c1cnccn1)C1CCOCC1. The number of hydrogen-bond acceptors (Lipinski definition) is 4. The van der Waals surface area contributed by atoms with Crippen molar-refractivity contribution in [2.24, 2.45) is 5.92 Å². The lowest BCUT2D eigenvalue weighted by atomic mass is 9.82. The molecule has 1 N–H and O–H groups in total. The van der Waals surface area contributed by atoms with Gasteiger partial charge in [-0.15, -0.1) is 0 Å². The van der Waals surface area contributed by atoms with Gasteiger partial charge in [0.2, 0.25) is 0 Å². The second kappa shape index (κ2) is 5.72. The second-order valence-electron chi connectivity index (χ2n) is 4.28. The second-order valence-corrected chi connectivity index (χ2v) is 4.28. The summed E-state index contributed by atoms with van der Waals surface area (Å²) in [7, 11) is 0. The number of rotatable bonds is 4. The van der Waals surface area contributed by atoms with Gasteiger partial charge in [-0.2, -0.15) is 0 Å². The van der Waals surface area contributed by atoms with Gasteiger partial charge < -0.3 is 9.84 Å². The fourth-order valence-electron chi connectivity index (χ4n) is 2.32. The third kappa shape index (κ3) is 3.23. The van der Waals surface area contributed by atoms with E-state index in [1.165, 1.54) is 0 Å². The van der Waals surface area contributed by atoms with E-state index in [2.05, 4.69) is 9.97 Å². The van der Waals surface area contributed by atoms with Gasteiger partial charge in [0.1, 0.15) is 0 Å². The van der Waals surface area contributed by atoms with Crippen molar-refractivity contribution < 1.29 is 14.6 Å². The first-order valence-electron chi connectivity index (χ1n) is 5.83. The lowest BCUT2D eigenvalue weighted by molar-refractivity contribution is -0.138. The molecule has 0 amide bonds. The number of carbonyl (C=O) groups is 1. The maximum Gasteiger partial charge on any atom is 0.304 e. The number of aliphatic carboxylic acids is 1. The number of carboxylic acid groups (broad SMARTS) is 1. The molecule has 0 saturated carbocycles. The predicted octanol–water partition coefficient (Wildman–Crippen LogP) is 1.46. The first-order valence-corrected chi connectivity index (χ1v) is 5.83. The van der Waals surface area contributed by atoms with E-state index in [1.807, 2.05) is 0 Å². The molecule has 0 aliphatic carbocycles. The molecule has 0 spiro atoms. The van der Waals surface area contributed by atoms with Gasteiger partial charge in [0.15, 0.2) is 0 Å². The Labute approximate surface area is 99.9 Å². The average molecular weight is 236 g/mol. The Morgan fingerprint density at radius 1 is 1.47 bits per heavy atom. The summed E-state index contributed by atoms with van der Waals surface area (Å²) in [5.41, 5.74) is 0.779. The largest absolute Gasteiger partial charge is 0.481 e. The van der Waals surface area contributed by atoms with Crippen LogP contribution in [0, 0.1) is 5.92 Å². The number of nitrogens with zero attached hydrogens (tertiary/aromatic N) is 2. The Kier molecular flexibility index (Phi) is 4.03. The van der Waals surface area contributed by atoms with Crippen LogP contribution in [0.3, 0.4) is 0 Å². The lowest BCUT2D eigenvalue weighted by Crippen LogP contribution is -2.24. The highest BCUT2D eigenvalue weighted by Gasteiger charge is 2.28. The van der Waals surface area contributed by atoms with E-state index in [-0.39, 0.29) is 12.3 Å². The minimum atomic E-state index is -0.785. The Balaban J connectivity index is 2.15. The quantitative estimate of drug-likeness (QED) is 0.856. The van der Waals surface area contributed by atoms with E-state index in [9.17, 15) is 4.79 Å². The van der Waals surface area contributed by atoms with Crippen LogP contribution in [0.1, 0.15) is 30.9 Å². The minimum Gasteiger partial charge on any atom is -0.481 e. The molecule has 1 saturated heterocycles. The molecular weight excluding hydrogens is 220 g/mol. The van der Waals surface area contributed by atoms with E-state index < -0.39 is 5.97 Å². The molecule has 0 aromatic carbocycles. The molecule has 1 aromatic rings. The number of aromatic nitrogens is 2. The molecule has 17 heavy (non-hydrogen) atoms. The molecule has 1 unspecified atom stereocenters. The van der Waals surface area contributed by atoms with E-state index in [4.69, 9.17) is 9.84 Å². The van der Waals surface area contributed by atoms with Crippen molar-refractivity contribution in [1.82, 2.24) is 9.97 Å². The molecule has 1 atom stereocenters. The molecular formula is C12H16N2O3. The summed E-state index contributed by atoms with van der Waals surface area (Å²) in [4.78, 5) is 19.2. The highest BCUT2D eigenvalue weighted by Crippen LogP contribution is 2.33. The zero-order chi connectivity index (χ0) is 12.1. The van der Waals surface area contributed by atoms with E-state index in [1.54, 1.807) is 18.6 Å². The normalized spacial score (nSPS) is 18.8. The van der Waals surface area contributed by atoms with Crippen LogP contribution < -0.4 is 0 Å². The van der Waals surface area contributed by atoms with Gasteiger partial charge in [0.05, 0.1) is 12.1 Å². The topological polar surface area (TPSA) is 72.3 Å². The zero-order valence-corrected chi connectivity index (χ0v) is 9.58. The van der Waals surface area contributed by atoms with Gasteiger partial charge in [0, 0.05) is 37.7 Å². The highest BCUT2D eigenvalue weighted by atomic mass is 16.5. The van der Waals surface area contributed by atoms with Crippen LogP contribution in [0.15, 0.2) is 18.6 Å². The number of ether oxygens (including phenoxy) is 1. The molecule has 0 bridgehead atoms. The molecule has 1 fully saturated rings. The third-order valence-electron chi connectivity index (χ3n) is 3.19. The Morgan fingerprint density at radius 3 is 2.82 bits per heavy atom. The fourth-order valence-corrected chi connectivity index (χ4v) is 2.32. The van der Waals surface area contributed by atoms with Gasteiger partial charge in [-0.1, -0.05) is 0 Å². The van der Waals surface area contributed by atoms with Gasteiger partial charge >= 0.3 is 5.97 Å². The molecule has 1 aliphatic rings. The Bertz CT molecular complexity index is 363. The van der Waals surface area contributed by atoms with Crippen LogP contribution in [0.25, 0.3) is 0 Å². The summed E-state index contributed by atoms with van der Waals surface area (Å²) in [5.74, 6) is -0.506. The molecule has 2 heterocycles. The highest BCUT2D eigenvalue weighted by molar-refractivity contribution is 5.67. The molecule has 92 valence electrons. The van der Waals surface area contributed by atoms with E-state index >= 15 is 0 Å². The molecule has 5 heteroatoms. The van der Waals surface area contributed by atoms with Crippen LogP contribution in [0.2, 0.25) is 0 Å². The van der Waals surface area contributed by atoms with Crippen molar-refractivity contribution in [2.45, 2.75) is 25.2 Å². The van der Waals surface area contributed by atoms with Gasteiger partial charge in [-0.05, 0) is 18.8 Å². The van der Waals surface area contributed by atoms with Crippen LogP contribution >= 0.6 is 0 Å². The maximum atomic E-state index is 10.9. The van der Waals surface area contributed by atoms with Gasteiger partial charge in [-0.3, -0.25) is 14.8 Å². The summed E-state index contributed by atoms with van der Waals surface area (Å²) in [6.45, 7) is 1.42. The van der Waals surface area contributed by atoms with Gasteiger partial charge in [-0.25, -0.2) is 0 Å². The maximum absolute atomic E-state index is 10.9. The molecule has 1 aliphatic heterocycles. The van der Waals surface area contributed by atoms with Crippen LogP contribution in [-0.4, -0.2) is 34.3 Å². The fraction of sp³-hybridized carbons (Fsp3) is 0.583. The van der Waals surface area contributed by atoms with Crippen LogP contribution in [-0.2, 0) is 9.53 Å². The summed E-state index contributed by atoms with van der Waals surface area (Å²) in [6, 6.07) is 0. The van der Waals surface area contributed by atoms with Crippen molar-refractivity contribution in [3.05, 3.63) is 24.3 Å². The monoisotopic (exact) mass is 236 g/mol.